The van der Waals surface area contributed by atoms with Crippen LogP contribution in [-0.4, -0.2) is 55.7 Å². The van der Waals surface area contributed by atoms with Gasteiger partial charge in [-0.05, 0) is 29.8 Å². The topological polar surface area (TPSA) is 113 Å². The van der Waals surface area contributed by atoms with Gasteiger partial charge in [0, 0.05) is 26.2 Å². The molecule has 3 amide bonds. The Bertz CT molecular complexity index is 1070. The van der Waals surface area contributed by atoms with Gasteiger partial charge in [-0.25, -0.2) is 13.2 Å². The van der Waals surface area contributed by atoms with Gasteiger partial charge in [-0.3, -0.25) is 15.0 Å². The van der Waals surface area contributed by atoms with E-state index in [0.717, 1.165) is 28.6 Å². The minimum atomic E-state index is -4.56. The molecule has 1 atom stereocenters. The molecule has 32 heavy (non-hydrogen) atoms. The van der Waals surface area contributed by atoms with Gasteiger partial charge >= 0.3 is 12.2 Å². The van der Waals surface area contributed by atoms with E-state index in [0.29, 0.717) is 5.56 Å². The Hall–Kier alpha value is -2.96. The van der Waals surface area contributed by atoms with E-state index in [1.807, 2.05) is 0 Å². The second-order valence-electron chi connectivity index (χ2n) is 7.13. The summed E-state index contributed by atoms with van der Waals surface area (Å²) < 4.78 is 65.1. The van der Waals surface area contributed by atoms with Crippen LogP contribution in [0, 0.1) is 0 Å². The molecule has 1 saturated heterocycles. The number of carbonyl (C=O) groups excluding carboxylic acids is 2. The van der Waals surface area contributed by atoms with Gasteiger partial charge < -0.3 is 5.73 Å². The number of hydrogen-bond donors (Lipinski definition) is 2. The summed E-state index contributed by atoms with van der Waals surface area (Å²) >= 11 is 0. The highest BCUT2D eigenvalue weighted by molar-refractivity contribution is 7.89. The molecule has 3 rings (SSSR count). The second kappa shape index (κ2) is 9.27. The molecule has 0 saturated carbocycles. The summed E-state index contributed by atoms with van der Waals surface area (Å²) in [5.74, 6) is -0.636. The normalized spacial score (nSPS) is 17.0. The van der Waals surface area contributed by atoms with Crippen molar-refractivity contribution in [2.24, 2.45) is 5.73 Å². The number of primary amides is 1. The number of amides is 3. The number of piperazine rings is 1. The summed E-state index contributed by atoms with van der Waals surface area (Å²) in [7, 11) is -4.01. The highest BCUT2D eigenvalue weighted by Crippen LogP contribution is 2.31. The van der Waals surface area contributed by atoms with Gasteiger partial charge in [0.25, 0.3) is 0 Å². The van der Waals surface area contributed by atoms with E-state index >= 15 is 0 Å². The number of hydrogen-bond acceptors (Lipinski definition) is 5. The van der Waals surface area contributed by atoms with Crippen LogP contribution in [-0.2, 0) is 21.0 Å². The van der Waals surface area contributed by atoms with Crippen LogP contribution in [0.5, 0.6) is 0 Å². The highest BCUT2D eigenvalue weighted by Gasteiger charge is 2.35. The molecule has 1 heterocycles. The number of sulfonamides is 1. The monoisotopic (exact) mass is 470 g/mol. The fourth-order valence-corrected chi connectivity index (χ4v) is 4.94. The van der Waals surface area contributed by atoms with Crippen LogP contribution in [0.25, 0.3) is 0 Å². The molecular weight excluding hydrogens is 449 g/mol. The molecule has 172 valence electrons. The number of imide groups is 1. The lowest BCUT2D eigenvalue weighted by Gasteiger charge is -2.38. The summed E-state index contributed by atoms with van der Waals surface area (Å²) in [5.41, 5.74) is 4.74. The fourth-order valence-electron chi connectivity index (χ4n) is 3.52. The quantitative estimate of drug-likeness (QED) is 0.694. The maximum atomic E-state index is 12.9. The molecule has 1 unspecified atom stereocenters. The van der Waals surface area contributed by atoms with Gasteiger partial charge in [-0.15, -0.1) is 0 Å². The van der Waals surface area contributed by atoms with Gasteiger partial charge in [-0.1, -0.05) is 30.3 Å². The Kier molecular flexibility index (Phi) is 6.86. The maximum absolute atomic E-state index is 12.9. The predicted octanol–water partition coefficient (Wildman–Crippen LogP) is 1.95. The zero-order chi connectivity index (χ0) is 23.5. The molecule has 12 heteroatoms. The average molecular weight is 470 g/mol. The Balaban J connectivity index is 1.76. The number of carbonyl (C=O) groups is 2. The van der Waals surface area contributed by atoms with E-state index in [9.17, 15) is 31.2 Å². The third-order valence-electron chi connectivity index (χ3n) is 5.07. The standard InChI is InChI=1S/C20H21F3N4O4S/c21-20(22,23)15-6-8-16(9-7-15)32(30,31)27-12-10-26(11-13-27)17(18(28)25-19(24)29)14-4-2-1-3-5-14/h1-9,17H,10-13H2,(H3,24,25,28,29). The SMILES string of the molecule is NC(=O)NC(=O)C(c1ccccc1)N1CCN(S(=O)(=O)c2ccc(C(F)(F)F)cc2)CC1. The van der Waals surface area contributed by atoms with Crippen molar-refractivity contribution in [1.82, 2.24) is 14.5 Å². The first kappa shape index (κ1) is 23.7. The van der Waals surface area contributed by atoms with Crippen LogP contribution >= 0.6 is 0 Å². The zero-order valence-corrected chi connectivity index (χ0v) is 17.6. The minimum absolute atomic E-state index is 0.0105. The molecule has 1 fully saturated rings. The lowest BCUT2D eigenvalue weighted by molar-refractivity contribution is -0.137. The van der Waals surface area contributed by atoms with Crippen molar-refractivity contribution in [2.75, 3.05) is 26.2 Å². The first-order valence-corrected chi connectivity index (χ1v) is 11.0. The molecule has 0 aromatic heterocycles. The number of urea groups is 1. The van der Waals surface area contributed by atoms with Gasteiger partial charge in [0.15, 0.2) is 0 Å². The van der Waals surface area contributed by atoms with Gasteiger partial charge in [0.2, 0.25) is 15.9 Å². The number of nitrogens with zero attached hydrogens (tertiary/aromatic N) is 2. The third kappa shape index (κ3) is 5.26. The zero-order valence-electron chi connectivity index (χ0n) is 16.7. The molecule has 2 aromatic carbocycles. The van der Waals surface area contributed by atoms with E-state index in [1.54, 1.807) is 35.2 Å². The first-order chi connectivity index (χ1) is 15.0. The van der Waals surface area contributed by atoms with Crippen molar-refractivity contribution in [1.29, 1.82) is 0 Å². The summed E-state index contributed by atoms with van der Waals surface area (Å²) in [5, 5.41) is 2.06. The van der Waals surface area contributed by atoms with Gasteiger partial charge in [0.1, 0.15) is 6.04 Å². The predicted molar refractivity (Wildman–Crippen MR) is 109 cm³/mol. The molecule has 0 spiro atoms. The van der Waals surface area contributed by atoms with Crippen molar-refractivity contribution in [3.63, 3.8) is 0 Å². The highest BCUT2D eigenvalue weighted by atomic mass is 32.2. The van der Waals surface area contributed by atoms with Crippen molar-refractivity contribution in [3.05, 3.63) is 65.7 Å². The molecule has 0 bridgehead atoms. The smallest absolute Gasteiger partial charge is 0.351 e. The Morgan fingerprint density at radius 3 is 2.00 bits per heavy atom. The van der Waals surface area contributed by atoms with Crippen molar-refractivity contribution < 1.29 is 31.2 Å². The number of halogens is 3. The summed E-state index contributed by atoms with van der Waals surface area (Å²) in [6, 6.07) is 10.1. The van der Waals surface area contributed by atoms with Crippen LogP contribution in [0.4, 0.5) is 18.0 Å². The number of benzene rings is 2. The average Bonchev–Trinajstić information content (AvgIpc) is 2.74. The van der Waals surface area contributed by atoms with Crippen LogP contribution in [0.15, 0.2) is 59.5 Å². The first-order valence-electron chi connectivity index (χ1n) is 9.57. The second-order valence-corrected chi connectivity index (χ2v) is 9.07. The molecule has 1 aliphatic heterocycles. The lowest BCUT2D eigenvalue weighted by Crippen LogP contribution is -2.53. The molecule has 0 radical (unpaired) electrons. The minimum Gasteiger partial charge on any atom is -0.351 e. The van der Waals surface area contributed by atoms with Crippen LogP contribution in [0.2, 0.25) is 0 Å². The van der Waals surface area contributed by atoms with Crippen LogP contribution < -0.4 is 11.1 Å². The fraction of sp³-hybridized carbons (Fsp3) is 0.300. The molecule has 0 aliphatic carbocycles. The lowest BCUT2D eigenvalue weighted by atomic mass is 10.0. The van der Waals surface area contributed by atoms with Gasteiger partial charge in [-0.2, -0.15) is 17.5 Å². The van der Waals surface area contributed by atoms with E-state index in [1.165, 1.54) is 0 Å². The number of rotatable bonds is 5. The number of nitrogens with two attached hydrogens (primary N) is 1. The molecule has 1 aliphatic rings. The van der Waals surface area contributed by atoms with E-state index in [-0.39, 0.29) is 31.1 Å². The maximum Gasteiger partial charge on any atom is 0.416 e. The summed E-state index contributed by atoms with van der Waals surface area (Å²) in [6.07, 6.45) is -4.56. The summed E-state index contributed by atoms with van der Waals surface area (Å²) in [4.78, 5) is 25.2. The molecule has 3 N–H and O–H groups in total. The number of nitrogens with one attached hydrogen (secondary N) is 1. The Morgan fingerprint density at radius 2 is 1.50 bits per heavy atom. The molecular formula is C20H21F3N4O4S. The van der Waals surface area contributed by atoms with Crippen LogP contribution in [0.1, 0.15) is 17.2 Å². The van der Waals surface area contributed by atoms with E-state index < -0.39 is 39.7 Å². The van der Waals surface area contributed by atoms with Gasteiger partial charge in [0.05, 0.1) is 10.5 Å². The Morgan fingerprint density at radius 1 is 0.938 bits per heavy atom. The Labute approximate surface area is 182 Å². The largest absolute Gasteiger partial charge is 0.416 e. The summed E-state index contributed by atoms with van der Waals surface area (Å²) in [6.45, 7) is 0.338. The van der Waals surface area contributed by atoms with E-state index in [4.69, 9.17) is 5.73 Å². The van der Waals surface area contributed by atoms with Crippen molar-refractivity contribution in [3.8, 4) is 0 Å². The molecule has 8 nitrogen and oxygen atoms in total. The van der Waals surface area contributed by atoms with Crippen molar-refractivity contribution >= 4 is 22.0 Å². The van der Waals surface area contributed by atoms with Crippen molar-refractivity contribution in [2.45, 2.75) is 17.1 Å². The molecule has 2 aromatic rings. The number of alkyl halides is 3. The van der Waals surface area contributed by atoms with Crippen LogP contribution in [0.3, 0.4) is 0 Å². The third-order valence-corrected chi connectivity index (χ3v) is 6.98. The van der Waals surface area contributed by atoms with E-state index in [2.05, 4.69) is 5.32 Å².